The zero-order valence-corrected chi connectivity index (χ0v) is 8.76. The van der Waals surface area contributed by atoms with Gasteiger partial charge in [0, 0.05) is 12.0 Å². The van der Waals surface area contributed by atoms with Crippen LogP contribution in [0.1, 0.15) is 16.1 Å². The van der Waals surface area contributed by atoms with Gasteiger partial charge in [-0.05, 0) is 36.4 Å². The minimum atomic E-state index is 0.563. The number of aldehydes is 1. The third kappa shape index (κ3) is 2.73. The highest BCUT2D eigenvalue weighted by Crippen LogP contribution is 2.11. The normalized spacial score (nSPS) is 10.0. The van der Waals surface area contributed by atoms with Gasteiger partial charge in [-0.3, -0.25) is 4.79 Å². The van der Waals surface area contributed by atoms with E-state index in [-0.39, 0.29) is 0 Å². The van der Waals surface area contributed by atoms with Crippen molar-refractivity contribution in [2.24, 2.45) is 0 Å². The number of benzene rings is 1. The standard InChI is InChI=1S/C13H12O3/c14-10-11-3-5-13(6-4-11)16-9-7-12-2-1-8-15-12/h1-6,8,10H,7,9H2. The molecule has 0 atom stereocenters. The molecule has 82 valence electrons. The molecule has 0 amide bonds. The molecule has 0 saturated heterocycles. The van der Waals surface area contributed by atoms with Gasteiger partial charge in [-0.15, -0.1) is 0 Å². The van der Waals surface area contributed by atoms with Gasteiger partial charge >= 0.3 is 0 Å². The molecule has 1 heterocycles. The number of hydrogen-bond donors (Lipinski definition) is 0. The van der Waals surface area contributed by atoms with E-state index < -0.39 is 0 Å². The summed E-state index contributed by atoms with van der Waals surface area (Å²) in [6.45, 7) is 0.563. The minimum absolute atomic E-state index is 0.563. The topological polar surface area (TPSA) is 39.4 Å². The number of carbonyl (C=O) groups excluding carboxylic acids is 1. The van der Waals surface area contributed by atoms with E-state index in [0.717, 1.165) is 24.2 Å². The van der Waals surface area contributed by atoms with E-state index >= 15 is 0 Å². The molecular formula is C13H12O3. The minimum Gasteiger partial charge on any atom is -0.493 e. The average molecular weight is 216 g/mol. The zero-order valence-electron chi connectivity index (χ0n) is 8.76. The first kappa shape index (κ1) is 10.5. The molecule has 2 aromatic rings. The number of furan rings is 1. The molecule has 1 aromatic heterocycles. The maximum Gasteiger partial charge on any atom is 0.150 e. The molecule has 3 nitrogen and oxygen atoms in total. The van der Waals surface area contributed by atoms with E-state index in [2.05, 4.69) is 0 Å². The van der Waals surface area contributed by atoms with Crippen LogP contribution < -0.4 is 4.74 Å². The average Bonchev–Trinajstić information content (AvgIpc) is 2.83. The molecule has 0 aliphatic heterocycles. The Balaban J connectivity index is 1.83. The summed E-state index contributed by atoms with van der Waals surface area (Å²) in [6, 6.07) is 10.8. The van der Waals surface area contributed by atoms with Crippen LogP contribution in [-0.2, 0) is 6.42 Å². The van der Waals surface area contributed by atoms with Crippen LogP contribution >= 0.6 is 0 Å². The molecule has 0 N–H and O–H groups in total. The Hall–Kier alpha value is -2.03. The summed E-state index contributed by atoms with van der Waals surface area (Å²) in [6.07, 6.45) is 3.20. The number of carbonyl (C=O) groups is 1. The second-order valence-electron chi connectivity index (χ2n) is 3.36. The van der Waals surface area contributed by atoms with Gasteiger partial charge in [0.2, 0.25) is 0 Å². The van der Waals surface area contributed by atoms with Crippen LogP contribution in [0, 0.1) is 0 Å². The molecule has 0 spiro atoms. The molecule has 0 fully saturated rings. The molecular weight excluding hydrogens is 204 g/mol. The Bertz CT molecular complexity index is 429. The summed E-state index contributed by atoms with van der Waals surface area (Å²) in [5, 5.41) is 0. The Labute approximate surface area is 93.7 Å². The van der Waals surface area contributed by atoms with E-state index in [1.807, 2.05) is 12.1 Å². The van der Waals surface area contributed by atoms with Crippen LogP contribution in [0.25, 0.3) is 0 Å². The van der Waals surface area contributed by atoms with Crippen LogP contribution in [-0.4, -0.2) is 12.9 Å². The lowest BCUT2D eigenvalue weighted by molar-refractivity contribution is 0.112. The molecule has 0 saturated carbocycles. The van der Waals surface area contributed by atoms with Gasteiger partial charge in [-0.1, -0.05) is 0 Å². The van der Waals surface area contributed by atoms with Crippen molar-refractivity contribution < 1.29 is 13.9 Å². The fraction of sp³-hybridized carbons (Fsp3) is 0.154. The lowest BCUT2D eigenvalue weighted by atomic mass is 10.2. The maximum atomic E-state index is 10.4. The molecule has 0 bridgehead atoms. The predicted octanol–water partition coefficient (Wildman–Crippen LogP) is 2.71. The SMILES string of the molecule is O=Cc1ccc(OCCc2ccco2)cc1. The van der Waals surface area contributed by atoms with Crippen LogP contribution in [0.15, 0.2) is 47.1 Å². The van der Waals surface area contributed by atoms with Gasteiger partial charge in [-0.25, -0.2) is 0 Å². The molecule has 16 heavy (non-hydrogen) atoms. The largest absolute Gasteiger partial charge is 0.493 e. The predicted molar refractivity (Wildman–Crippen MR) is 59.7 cm³/mol. The summed E-state index contributed by atoms with van der Waals surface area (Å²) < 4.78 is 10.7. The van der Waals surface area contributed by atoms with Gasteiger partial charge in [0.15, 0.2) is 0 Å². The Morgan fingerprint density at radius 3 is 2.62 bits per heavy atom. The van der Waals surface area contributed by atoms with Gasteiger partial charge < -0.3 is 9.15 Å². The summed E-state index contributed by atoms with van der Waals surface area (Å²) in [4.78, 5) is 10.4. The van der Waals surface area contributed by atoms with Gasteiger partial charge in [0.25, 0.3) is 0 Å². The lowest BCUT2D eigenvalue weighted by Crippen LogP contribution is -2.00. The number of hydrogen-bond acceptors (Lipinski definition) is 3. The Kier molecular flexibility index (Phi) is 3.38. The Morgan fingerprint density at radius 1 is 1.19 bits per heavy atom. The fourth-order valence-corrected chi connectivity index (χ4v) is 1.37. The van der Waals surface area contributed by atoms with E-state index in [4.69, 9.17) is 9.15 Å². The molecule has 3 heteroatoms. The smallest absolute Gasteiger partial charge is 0.150 e. The van der Waals surface area contributed by atoms with Crippen molar-refractivity contribution in [1.82, 2.24) is 0 Å². The van der Waals surface area contributed by atoms with Crippen LogP contribution in [0.4, 0.5) is 0 Å². The molecule has 0 aliphatic rings. The highest BCUT2D eigenvalue weighted by molar-refractivity contribution is 5.74. The van der Waals surface area contributed by atoms with Crippen molar-refractivity contribution in [3.8, 4) is 5.75 Å². The highest BCUT2D eigenvalue weighted by Gasteiger charge is 1.97. The first-order valence-electron chi connectivity index (χ1n) is 5.09. The highest BCUT2D eigenvalue weighted by atomic mass is 16.5. The zero-order chi connectivity index (χ0) is 11.2. The summed E-state index contributed by atoms with van der Waals surface area (Å²) in [7, 11) is 0. The quantitative estimate of drug-likeness (QED) is 0.721. The molecule has 2 rings (SSSR count). The first-order chi connectivity index (χ1) is 7.88. The fourth-order valence-electron chi connectivity index (χ4n) is 1.37. The van der Waals surface area contributed by atoms with Crippen molar-refractivity contribution in [2.45, 2.75) is 6.42 Å². The molecule has 0 aliphatic carbocycles. The van der Waals surface area contributed by atoms with E-state index in [9.17, 15) is 4.79 Å². The number of rotatable bonds is 5. The van der Waals surface area contributed by atoms with E-state index in [0.29, 0.717) is 12.2 Å². The second-order valence-corrected chi connectivity index (χ2v) is 3.36. The van der Waals surface area contributed by atoms with Crippen molar-refractivity contribution in [3.05, 3.63) is 54.0 Å². The summed E-state index contributed by atoms with van der Waals surface area (Å²) in [5.41, 5.74) is 0.651. The summed E-state index contributed by atoms with van der Waals surface area (Å²) in [5.74, 6) is 1.67. The van der Waals surface area contributed by atoms with Gasteiger partial charge in [0.1, 0.15) is 17.8 Å². The lowest BCUT2D eigenvalue weighted by Gasteiger charge is -2.04. The van der Waals surface area contributed by atoms with Crippen molar-refractivity contribution in [3.63, 3.8) is 0 Å². The van der Waals surface area contributed by atoms with E-state index in [1.165, 1.54) is 0 Å². The van der Waals surface area contributed by atoms with Crippen LogP contribution in [0.3, 0.4) is 0 Å². The number of ether oxygens (including phenoxy) is 1. The van der Waals surface area contributed by atoms with Crippen molar-refractivity contribution >= 4 is 6.29 Å². The molecule has 1 aromatic carbocycles. The van der Waals surface area contributed by atoms with Gasteiger partial charge in [-0.2, -0.15) is 0 Å². The summed E-state index contributed by atoms with van der Waals surface area (Å²) >= 11 is 0. The maximum absolute atomic E-state index is 10.4. The van der Waals surface area contributed by atoms with Gasteiger partial charge in [0.05, 0.1) is 12.9 Å². The third-order valence-electron chi connectivity index (χ3n) is 2.21. The molecule has 0 unspecified atom stereocenters. The van der Waals surface area contributed by atoms with Crippen LogP contribution in [0.2, 0.25) is 0 Å². The third-order valence-corrected chi connectivity index (χ3v) is 2.21. The molecule has 0 radical (unpaired) electrons. The van der Waals surface area contributed by atoms with Crippen molar-refractivity contribution in [1.29, 1.82) is 0 Å². The second kappa shape index (κ2) is 5.16. The Morgan fingerprint density at radius 2 is 2.00 bits per heavy atom. The monoisotopic (exact) mass is 216 g/mol. The van der Waals surface area contributed by atoms with E-state index in [1.54, 1.807) is 30.5 Å². The van der Waals surface area contributed by atoms with Crippen molar-refractivity contribution in [2.75, 3.05) is 6.61 Å². The van der Waals surface area contributed by atoms with Crippen LogP contribution in [0.5, 0.6) is 5.75 Å². The first-order valence-corrected chi connectivity index (χ1v) is 5.09.